The summed E-state index contributed by atoms with van der Waals surface area (Å²) in [6.07, 6.45) is 4.78. The van der Waals surface area contributed by atoms with Gasteiger partial charge in [-0.15, -0.1) is 0 Å². The van der Waals surface area contributed by atoms with Gasteiger partial charge in [-0.05, 0) is 24.0 Å². The highest BCUT2D eigenvalue weighted by atomic mass is 16.2. The molecule has 0 aromatic heterocycles. The molecule has 19 heavy (non-hydrogen) atoms. The molecule has 1 heterocycles. The topological polar surface area (TPSA) is 46.3 Å². The first-order valence-electron chi connectivity index (χ1n) is 7.01. The Hall–Kier alpha value is -1.61. The van der Waals surface area contributed by atoms with Gasteiger partial charge in [-0.2, -0.15) is 0 Å². The third-order valence-corrected chi connectivity index (χ3v) is 3.58. The van der Waals surface area contributed by atoms with Crippen LogP contribution in [0.3, 0.4) is 0 Å². The molecule has 1 aromatic carbocycles. The fourth-order valence-electron chi connectivity index (χ4n) is 2.45. The molecule has 1 aliphatic rings. The number of carbonyl (C=O) groups excluding carboxylic acids is 1. The largest absolute Gasteiger partial charge is 0.337 e. The van der Waals surface area contributed by atoms with Gasteiger partial charge in [0.15, 0.2) is 0 Å². The molecule has 3 heteroatoms. The number of hydrogen-bond donors (Lipinski definition) is 1. The summed E-state index contributed by atoms with van der Waals surface area (Å²) in [6.45, 7) is 3.51. The molecule has 1 aromatic rings. The van der Waals surface area contributed by atoms with Crippen LogP contribution in [0.2, 0.25) is 0 Å². The van der Waals surface area contributed by atoms with Gasteiger partial charge in [0.25, 0.3) is 0 Å². The van der Waals surface area contributed by atoms with E-state index in [9.17, 15) is 4.79 Å². The van der Waals surface area contributed by atoms with Crippen molar-refractivity contribution >= 4 is 11.5 Å². The Bertz CT molecular complexity index is 453. The maximum absolute atomic E-state index is 12.1. The number of nitrogens with zero attached hydrogens (tertiary/aromatic N) is 1. The van der Waals surface area contributed by atoms with Gasteiger partial charge in [-0.1, -0.05) is 49.8 Å². The Morgan fingerprint density at radius 1 is 1.37 bits per heavy atom. The molecule has 1 amide bonds. The van der Waals surface area contributed by atoms with Crippen LogP contribution < -0.4 is 5.73 Å². The molecule has 1 aliphatic heterocycles. The van der Waals surface area contributed by atoms with Crippen LogP contribution in [-0.4, -0.2) is 29.9 Å². The van der Waals surface area contributed by atoms with E-state index in [4.69, 9.17) is 5.73 Å². The standard InChI is InChI=1S/C16H22N2O/c1-2-6-15(17)16(19)18-11-9-14(10-12-18)13-7-4-3-5-8-13/h3-5,7-9,15H,2,6,10-12,17H2,1H3/t15-/m0/s1. The molecular formula is C16H22N2O. The molecule has 0 fully saturated rings. The molecular weight excluding hydrogens is 236 g/mol. The Morgan fingerprint density at radius 2 is 2.11 bits per heavy atom. The average Bonchev–Trinajstić information content (AvgIpc) is 2.48. The molecule has 0 radical (unpaired) electrons. The zero-order valence-corrected chi connectivity index (χ0v) is 11.5. The maximum Gasteiger partial charge on any atom is 0.239 e. The lowest BCUT2D eigenvalue weighted by Gasteiger charge is -2.29. The van der Waals surface area contributed by atoms with E-state index in [2.05, 4.69) is 25.1 Å². The van der Waals surface area contributed by atoms with E-state index >= 15 is 0 Å². The SMILES string of the molecule is CCC[C@H](N)C(=O)N1CC=C(c2ccccc2)CC1. The second-order valence-electron chi connectivity index (χ2n) is 5.02. The maximum atomic E-state index is 12.1. The van der Waals surface area contributed by atoms with E-state index in [1.54, 1.807) is 0 Å². The molecule has 0 saturated carbocycles. The lowest BCUT2D eigenvalue weighted by Crippen LogP contribution is -2.45. The molecule has 0 bridgehead atoms. The van der Waals surface area contributed by atoms with Crippen molar-refractivity contribution in [1.82, 2.24) is 4.90 Å². The minimum Gasteiger partial charge on any atom is -0.337 e. The summed E-state index contributed by atoms with van der Waals surface area (Å²) in [7, 11) is 0. The van der Waals surface area contributed by atoms with Crippen LogP contribution in [-0.2, 0) is 4.79 Å². The zero-order chi connectivity index (χ0) is 13.7. The first-order chi connectivity index (χ1) is 9.22. The van der Waals surface area contributed by atoms with Crippen LogP contribution in [0.1, 0.15) is 31.7 Å². The van der Waals surface area contributed by atoms with Crippen LogP contribution in [0.15, 0.2) is 36.4 Å². The van der Waals surface area contributed by atoms with E-state index in [-0.39, 0.29) is 11.9 Å². The molecule has 0 aliphatic carbocycles. The van der Waals surface area contributed by atoms with Gasteiger partial charge in [0.05, 0.1) is 6.04 Å². The molecule has 0 spiro atoms. The number of carbonyl (C=O) groups is 1. The summed E-state index contributed by atoms with van der Waals surface area (Å²) in [5.74, 6) is 0.0882. The summed E-state index contributed by atoms with van der Waals surface area (Å²) >= 11 is 0. The summed E-state index contributed by atoms with van der Waals surface area (Å²) in [5, 5.41) is 0. The number of hydrogen-bond acceptors (Lipinski definition) is 2. The zero-order valence-electron chi connectivity index (χ0n) is 11.5. The van der Waals surface area contributed by atoms with Crippen molar-refractivity contribution in [2.45, 2.75) is 32.2 Å². The summed E-state index contributed by atoms with van der Waals surface area (Å²) in [6, 6.07) is 10.0. The highest BCUT2D eigenvalue weighted by Crippen LogP contribution is 2.22. The predicted octanol–water partition coefficient (Wildman–Crippen LogP) is 2.43. The van der Waals surface area contributed by atoms with Crippen molar-refractivity contribution < 1.29 is 4.79 Å². The average molecular weight is 258 g/mol. The lowest BCUT2D eigenvalue weighted by molar-refractivity contribution is -0.132. The normalized spacial score (nSPS) is 16.9. The Kier molecular flexibility index (Phi) is 4.74. The van der Waals surface area contributed by atoms with Crippen LogP contribution in [0.4, 0.5) is 0 Å². The third-order valence-electron chi connectivity index (χ3n) is 3.58. The van der Waals surface area contributed by atoms with Crippen LogP contribution in [0, 0.1) is 0 Å². The number of rotatable bonds is 4. The molecule has 2 N–H and O–H groups in total. The molecule has 0 unspecified atom stereocenters. The Balaban J connectivity index is 1.98. The minimum atomic E-state index is -0.336. The van der Waals surface area contributed by atoms with E-state index in [1.807, 2.05) is 23.1 Å². The quantitative estimate of drug-likeness (QED) is 0.901. The van der Waals surface area contributed by atoms with E-state index in [1.165, 1.54) is 11.1 Å². The molecule has 3 nitrogen and oxygen atoms in total. The molecule has 1 atom stereocenters. The number of nitrogens with two attached hydrogens (primary N) is 1. The first-order valence-corrected chi connectivity index (χ1v) is 7.01. The lowest BCUT2D eigenvalue weighted by atomic mass is 9.99. The van der Waals surface area contributed by atoms with Crippen molar-refractivity contribution in [1.29, 1.82) is 0 Å². The van der Waals surface area contributed by atoms with Gasteiger partial charge >= 0.3 is 0 Å². The molecule has 2 rings (SSSR count). The van der Waals surface area contributed by atoms with E-state index in [0.29, 0.717) is 6.54 Å². The fourth-order valence-corrected chi connectivity index (χ4v) is 2.45. The summed E-state index contributed by atoms with van der Waals surface area (Å²) in [4.78, 5) is 14.0. The second-order valence-corrected chi connectivity index (χ2v) is 5.02. The predicted molar refractivity (Wildman–Crippen MR) is 78.5 cm³/mol. The first kappa shape index (κ1) is 13.8. The minimum absolute atomic E-state index is 0.0882. The van der Waals surface area contributed by atoms with Crippen LogP contribution in [0.25, 0.3) is 5.57 Å². The van der Waals surface area contributed by atoms with Gasteiger partial charge in [-0.3, -0.25) is 4.79 Å². The van der Waals surface area contributed by atoms with Crippen molar-refractivity contribution in [3.8, 4) is 0 Å². The van der Waals surface area contributed by atoms with Crippen LogP contribution in [0.5, 0.6) is 0 Å². The van der Waals surface area contributed by atoms with Gasteiger partial charge in [0.1, 0.15) is 0 Å². The highest BCUT2D eigenvalue weighted by molar-refractivity contribution is 5.83. The highest BCUT2D eigenvalue weighted by Gasteiger charge is 2.22. The van der Waals surface area contributed by atoms with Gasteiger partial charge in [0, 0.05) is 13.1 Å². The van der Waals surface area contributed by atoms with Crippen molar-refractivity contribution in [2.24, 2.45) is 5.73 Å². The summed E-state index contributed by atoms with van der Waals surface area (Å²) < 4.78 is 0. The fraction of sp³-hybridized carbons (Fsp3) is 0.438. The van der Waals surface area contributed by atoms with Crippen molar-refractivity contribution in [3.63, 3.8) is 0 Å². The second kappa shape index (κ2) is 6.53. The molecule has 102 valence electrons. The van der Waals surface area contributed by atoms with Crippen LogP contribution >= 0.6 is 0 Å². The van der Waals surface area contributed by atoms with E-state index in [0.717, 1.165) is 25.8 Å². The van der Waals surface area contributed by atoms with Crippen molar-refractivity contribution in [2.75, 3.05) is 13.1 Å². The van der Waals surface area contributed by atoms with Gasteiger partial charge in [-0.25, -0.2) is 0 Å². The molecule has 0 saturated heterocycles. The smallest absolute Gasteiger partial charge is 0.239 e. The monoisotopic (exact) mass is 258 g/mol. The van der Waals surface area contributed by atoms with Gasteiger partial charge in [0.2, 0.25) is 5.91 Å². The van der Waals surface area contributed by atoms with Crippen molar-refractivity contribution in [3.05, 3.63) is 42.0 Å². The number of benzene rings is 1. The number of amides is 1. The summed E-state index contributed by atoms with van der Waals surface area (Å²) in [5.41, 5.74) is 8.48. The Morgan fingerprint density at radius 3 is 2.68 bits per heavy atom. The van der Waals surface area contributed by atoms with Gasteiger partial charge < -0.3 is 10.6 Å². The third kappa shape index (κ3) is 3.44. The Labute approximate surface area is 115 Å². The van der Waals surface area contributed by atoms with E-state index < -0.39 is 0 Å².